The smallest absolute Gasteiger partial charge is 0.257 e. The first kappa shape index (κ1) is 15.3. The minimum atomic E-state index is -0.192. The number of rotatable bonds is 7. The Bertz CT molecular complexity index is 613. The van der Waals surface area contributed by atoms with E-state index in [0.29, 0.717) is 30.9 Å². The summed E-state index contributed by atoms with van der Waals surface area (Å²) in [6.07, 6.45) is 3.55. The van der Waals surface area contributed by atoms with Crippen LogP contribution in [0.2, 0.25) is 0 Å². The number of methoxy groups -OCH3 is 1. The van der Waals surface area contributed by atoms with Gasteiger partial charge in [-0.15, -0.1) is 0 Å². The molecule has 1 N–H and O–H groups in total. The number of carbonyl (C=O) groups is 1. The molecule has 114 valence electrons. The molecule has 0 fully saturated rings. The third-order valence-electron chi connectivity index (χ3n) is 3.19. The molecular weight excluding hydrogens is 274 g/mol. The first-order chi connectivity index (χ1) is 10.2. The van der Waals surface area contributed by atoms with Crippen molar-refractivity contribution in [2.75, 3.05) is 33.4 Å². The average molecular weight is 293 g/mol. The highest BCUT2D eigenvalue weighted by Gasteiger charge is 2.20. The van der Waals surface area contributed by atoms with Gasteiger partial charge in [0.25, 0.3) is 11.7 Å². The summed E-state index contributed by atoms with van der Waals surface area (Å²) in [5.74, 6) is 0.275. The predicted octanol–water partition coefficient (Wildman–Crippen LogP) is -0.232. The van der Waals surface area contributed by atoms with Crippen LogP contribution in [0.3, 0.4) is 0 Å². The number of hydrogen-bond donors (Lipinski definition) is 1. The largest absolute Gasteiger partial charge is 0.395 e. The maximum atomic E-state index is 12.6. The SMILES string of the molecule is CCc1c(C(=O)N(CCO)CCOC)cnc2ncnn12. The van der Waals surface area contributed by atoms with Gasteiger partial charge >= 0.3 is 0 Å². The zero-order valence-electron chi connectivity index (χ0n) is 12.2. The van der Waals surface area contributed by atoms with Crippen molar-refractivity contribution in [2.45, 2.75) is 13.3 Å². The summed E-state index contributed by atoms with van der Waals surface area (Å²) in [6.45, 7) is 2.91. The topological polar surface area (TPSA) is 92.9 Å². The van der Waals surface area contributed by atoms with Crippen LogP contribution in [-0.2, 0) is 11.2 Å². The molecule has 0 unspecified atom stereocenters. The number of amides is 1. The second kappa shape index (κ2) is 7.09. The van der Waals surface area contributed by atoms with E-state index in [2.05, 4.69) is 15.1 Å². The Balaban J connectivity index is 2.36. The molecule has 0 saturated carbocycles. The summed E-state index contributed by atoms with van der Waals surface area (Å²) >= 11 is 0. The summed E-state index contributed by atoms with van der Waals surface area (Å²) in [5, 5.41) is 13.2. The second-order valence-electron chi connectivity index (χ2n) is 4.45. The van der Waals surface area contributed by atoms with Crippen LogP contribution >= 0.6 is 0 Å². The number of aromatic nitrogens is 4. The van der Waals surface area contributed by atoms with E-state index >= 15 is 0 Å². The lowest BCUT2D eigenvalue weighted by Crippen LogP contribution is -2.37. The lowest BCUT2D eigenvalue weighted by Gasteiger charge is -2.22. The Hall–Kier alpha value is -2.06. The van der Waals surface area contributed by atoms with Crippen molar-refractivity contribution < 1.29 is 14.6 Å². The van der Waals surface area contributed by atoms with E-state index in [1.54, 1.807) is 16.5 Å². The van der Waals surface area contributed by atoms with Crippen LogP contribution < -0.4 is 0 Å². The number of carbonyl (C=O) groups excluding carboxylic acids is 1. The van der Waals surface area contributed by atoms with Crippen LogP contribution in [0.25, 0.3) is 5.78 Å². The summed E-state index contributed by atoms with van der Waals surface area (Å²) in [5.41, 5.74) is 1.22. The third-order valence-corrected chi connectivity index (χ3v) is 3.19. The minimum Gasteiger partial charge on any atom is -0.395 e. The van der Waals surface area contributed by atoms with Crippen molar-refractivity contribution in [3.63, 3.8) is 0 Å². The molecule has 21 heavy (non-hydrogen) atoms. The molecule has 2 aromatic heterocycles. The molecule has 0 aliphatic carbocycles. The third kappa shape index (κ3) is 3.17. The first-order valence-corrected chi connectivity index (χ1v) is 6.79. The Morgan fingerprint density at radius 2 is 2.24 bits per heavy atom. The zero-order chi connectivity index (χ0) is 15.2. The fourth-order valence-corrected chi connectivity index (χ4v) is 2.15. The van der Waals surface area contributed by atoms with Crippen LogP contribution in [0.5, 0.6) is 0 Å². The van der Waals surface area contributed by atoms with E-state index in [-0.39, 0.29) is 19.1 Å². The Morgan fingerprint density at radius 3 is 2.90 bits per heavy atom. The molecule has 0 saturated heterocycles. The van der Waals surface area contributed by atoms with Crippen molar-refractivity contribution in [2.24, 2.45) is 0 Å². The fraction of sp³-hybridized carbons (Fsp3) is 0.538. The molecule has 8 heteroatoms. The van der Waals surface area contributed by atoms with Gasteiger partial charge in [-0.05, 0) is 6.42 Å². The van der Waals surface area contributed by atoms with Gasteiger partial charge in [0.05, 0.1) is 24.5 Å². The van der Waals surface area contributed by atoms with E-state index < -0.39 is 0 Å². The number of hydrogen-bond acceptors (Lipinski definition) is 6. The van der Waals surface area contributed by atoms with Crippen LogP contribution in [0, 0.1) is 0 Å². The van der Waals surface area contributed by atoms with Gasteiger partial charge in [0.2, 0.25) is 0 Å². The number of aliphatic hydroxyl groups is 1. The van der Waals surface area contributed by atoms with Gasteiger partial charge in [0, 0.05) is 26.4 Å². The molecule has 0 aliphatic heterocycles. The Labute approximate surface area is 122 Å². The van der Waals surface area contributed by atoms with Crippen molar-refractivity contribution in [1.29, 1.82) is 0 Å². The van der Waals surface area contributed by atoms with Gasteiger partial charge in [-0.3, -0.25) is 4.79 Å². The quantitative estimate of drug-likeness (QED) is 0.758. The van der Waals surface area contributed by atoms with E-state index in [0.717, 1.165) is 5.69 Å². The fourth-order valence-electron chi connectivity index (χ4n) is 2.15. The predicted molar refractivity (Wildman–Crippen MR) is 75.0 cm³/mol. The first-order valence-electron chi connectivity index (χ1n) is 6.79. The highest BCUT2D eigenvalue weighted by atomic mass is 16.5. The second-order valence-corrected chi connectivity index (χ2v) is 4.45. The molecule has 8 nitrogen and oxygen atoms in total. The summed E-state index contributed by atoms with van der Waals surface area (Å²) in [7, 11) is 1.57. The normalized spacial score (nSPS) is 11.0. The maximum absolute atomic E-state index is 12.6. The molecule has 0 spiro atoms. The molecule has 1 amide bonds. The van der Waals surface area contributed by atoms with E-state index in [1.807, 2.05) is 6.92 Å². The number of aliphatic hydroxyl groups excluding tert-OH is 1. The van der Waals surface area contributed by atoms with Gasteiger partial charge in [-0.25, -0.2) is 9.50 Å². The lowest BCUT2D eigenvalue weighted by molar-refractivity contribution is 0.0654. The summed E-state index contributed by atoms with van der Waals surface area (Å²) < 4.78 is 6.57. The zero-order valence-corrected chi connectivity index (χ0v) is 12.2. The van der Waals surface area contributed by atoms with E-state index in [4.69, 9.17) is 9.84 Å². The molecule has 0 aliphatic rings. The average Bonchev–Trinajstić information content (AvgIpc) is 2.98. The molecule has 0 bridgehead atoms. The van der Waals surface area contributed by atoms with Gasteiger partial charge in [0.15, 0.2) is 0 Å². The number of nitrogens with zero attached hydrogens (tertiary/aromatic N) is 5. The number of fused-ring (bicyclic) bond motifs is 1. The van der Waals surface area contributed by atoms with Gasteiger partial charge in [-0.1, -0.05) is 6.92 Å². The van der Waals surface area contributed by atoms with Crippen molar-refractivity contribution >= 4 is 11.7 Å². The highest BCUT2D eigenvalue weighted by Crippen LogP contribution is 2.12. The monoisotopic (exact) mass is 293 g/mol. The van der Waals surface area contributed by atoms with Crippen molar-refractivity contribution in [3.05, 3.63) is 23.8 Å². The van der Waals surface area contributed by atoms with Crippen LogP contribution in [-0.4, -0.2) is 68.9 Å². The standard InChI is InChI=1S/C13H19N5O3/c1-3-11-10(8-14-13-15-9-16-18(11)13)12(20)17(4-6-19)5-7-21-2/h8-9,19H,3-7H2,1-2H3. The van der Waals surface area contributed by atoms with Gasteiger partial charge in [-0.2, -0.15) is 10.1 Å². The summed E-state index contributed by atoms with van der Waals surface area (Å²) in [4.78, 5) is 22.3. The van der Waals surface area contributed by atoms with Crippen LogP contribution in [0.4, 0.5) is 0 Å². The summed E-state index contributed by atoms with van der Waals surface area (Å²) in [6, 6.07) is 0. The highest BCUT2D eigenvalue weighted by molar-refractivity contribution is 5.95. The maximum Gasteiger partial charge on any atom is 0.257 e. The Kier molecular flexibility index (Phi) is 5.18. The van der Waals surface area contributed by atoms with Crippen molar-refractivity contribution in [1.82, 2.24) is 24.5 Å². The van der Waals surface area contributed by atoms with Gasteiger partial charge in [0.1, 0.15) is 6.33 Å². The van der Waals surface area contributed by atoms with Crippen LogP contribution in [0.15, 0.2) is 12.5 Å². The van der Waals surface area contributed by atoms with Crippen LogP contribution in [0.1, 0.15) is 23.0 Å². The molecule has 0 aromatic carbocycles. The van der Waals surface area contributed by atoms with Crippen molar-refractivity contribution in [3.8, 4) is 0 Å². The van der Waals surface area contributed by atoms with E-state index in [9.17, 15) is 4.79 Å². The van der Waals surface area contributed by atoms with Gasteiger partial charge < -0.3 is 14.7 Å². The number of aryl methyl sites for hydroxylation is 1. The molecule has 0 atom stereocenters. The molecule has 2 heterocycles. The van der Waals surface area contributed by atoms with E-state index in [1.165, 1.54) is 12.5 Å². The molecule has 2 aromatic rings. The minimum absolute atomic E-state index is 0.101. The molecule has 0 radical (unpaired) electrons. The molecule has 2 rings (SSSR count). The number of ether oxygens (including phenoxy) is 1. The Morgan fingerprint density at radius 1 is 1.43 bits per heavy atom. The molecular formula is C13H19N5O3. The lowest BCUT2D eigenvalue weighted by atomic mass is 10.1.